The molecule has 1 aromatic carbocycles. The van der Waals surface area contributed by atoms with Crippen LogP contribution in [-0.2, 0) is 0 Å². The van der Waals surface area contributed by atoms with E-state index in [4.69, 9.17) is 17.2 Å². The van der Waals surface area contributed by atoms with Crippen LogP contribution in [0.1, 0.15) is 25.3 Å². The van der Waals surface area contributed by atoms with Crippen molar-refractivity contribution < 1.29 is 0 Å². The highest BCUT2D eigenvalue weighted by Crippen LogP contribution is 2.26. The fraction of sp³-hybridized carbons (Fsp3) is 0.615. The standard InChI is InChI=1S/C26H41N7S/c1-4-9-31-13-15-32(16-14-31)10-5-8-27-26(34)28-22-6-7-24-23(20-22)21(2)19-25(29-24)33-17-11-30(3)12-18-33/h6-7,19-20H,4-5,8-18H2,1-3H3,(H2,27,28,34). The lowest BCUT2D eigenvalue weighted by Crippen LogP contribution is -2.47. The predicted octanol–water partition coefficient (Wildman–Crippen LogP) is 3.00. The molecule has 4 rings (SSSR count). The lowest BCUT2D eigenvalue weighted by atomic mass is 10.1. The molecule has 0 unspecified atom stereocenters. The third-order valence-electron chi connectivity index (χ3n) is 7.03. The fourth-order valence-electron chi connectivity index (χ4n) is 4.88. The monoisotopic (exact) mass is 483 g/mol. The summed E-state index contributed by atoms with van der Waals surface area (Å²) in [6.45, 7) is 16.7. The molecule has 2 aliphatic heterocycles. The van der Waals surface area contributed by atoms with Crippen molar-refractivity contribution in [1.82, 2.24) is 25.0 Å². The summed E-state index contributed by atoms with van der Waals surface area (Å²) in [6, 6.07) is 8.56. The lowest BCUT2D eigenvalue weighted by Gasteiger charge is -2.34. The number of aromatic nitrogens is 1. The number of pyridine rings is 1. The number of rotatable bonds is 8. The van der Waals surface area contributed by atoms with Crippen LogP contribution in [0.2, 0.25) is 0 Å². The Morgan fingerprint density at radius 3 is 2.38 bits per heavy atom. The number of benzene rings is 1. The van der Waals surface area contributed by atoms with Gasteiger partial charge in [-0.2, -0.15) is 0 Å². The van der Waals surface area contributed by atoms with Crippen LogP contribution in [0.3, 0.4) is 0 Å². The van der Waals surface area contributed by atoms with E-state index in [1.807, 2.05) is 0 Å². The van der Waals surface area contributed by atoms with Gasteiger partial charge in [-0.3, -0.25) is 0 Å². The van der Waals surface area contributed by atoms with Gasteiger partial charge in [-0.25, -0.2) is 4.98 Å². The van der Waals surface area contributed by atoms with E-state index in [9.17, 15) is 0 Å². The van der Waals surface area contributed by atoms with Crippen LogP contribution in [0.4, 0.5) is 11.5 Å². The fourth-order valence-corrected chi connectivity index (χ4v) is 5.10. The first-order chi connectivity index (χ1) is 16.5. The number of nitrogens with zero attached hydrogens (tertiary/aromatic N) is 5. The molecule has 2 aliphatic rings. The number of likely N-dealkylation sites (N-methyl/N-ethyl adjacent to an activating group) is 1. The number of thiocarbonyl (C=S) groups is 1. The van der Waals surface area contributed by atoms with Gasteiger partial charge in [-0.1, -0.05) is 6.92 Å². The van der Waals surface area contributed by atoms with Crippen LogP contribution in [0, 0.1) is 6.92 Å². The largest absolute Gasteiger partial charge is 0.362 e. The van der Waals surface area contributed by atoms with E-state index in [-0.39, 0.29) is 0 Å². The Hall–Kier alpha value is -2.00. The molecule has 1 aromatic heterocycles. The highest BCUT2D eigenvalue weighted by atomic mass is 32.1. The number of fused-ring (bicyclic) bond motifs is 1. The molecule has 0 radical (unpaired) electrons. The minimum Gasteiger partial charge on any atom is -0.362 e. The Morgan fingerprint density at radius 2 is 1.68 bits per heavy atom. The molecule has 8 heteroatoms. The zero-order valence-corrected chi connectivity index (χ0v) is 22.0. The zero-order valence-electron chi connectivity index (χ0n) is 21.1. The van der Waals surface area contributed by atoms with E-state index in [1.54, 1.807) is 0 Å². The minimum atomic E-state index is 0.687. The molecule has 3 heterocycles. The summed E-state index contributed by atoms with van der Waals surface area (Å²) >= 11 is 5.55. The van der Waals surface area contributed by atoms with Gasteiger partial charge in [0.2, 0.25) is 0 Å². The molecule has 2 fully saturated rings. The summed E-state index contributed by atoms with van der Waals surface area (Å²) in [5.41, 5.74) is 3.30. The van der Waals surface area contributed by atoms with Crippen molar-refractivity contribution in [2.75, 3.05) is 89.3 Å². The zero-order chi connectivity index (χ0) is 23.9. The number of anilines is 2. The van der Waals surface area contributed by atoms with Gasteiger partial charge >= 0.3 is 0 Å². The predicted molar refractivity (Wildman–Crippen MR) is 148 cm³/mol. The van der Waals surface area contributed by atoms with Crippen molar-refractivity contribution in [2.45, 2.75) is 26.7 Å². The van der Waals surface area contributed by atoms with Crippen molar-refractivity contribution in [3.05, 3.63) is 29.8 Å². The van der Waals surface area contributed by atoms with Crippen molar-refractivity contribution in [2.24, 2.45) is 0 Å². The summed E-state index contributed by atoms with van der Waals surface area (Å²) in [6.07, 6.45) is 2.35. The first kappa shape index (κ1) is 25.1. The average molecular weight is 484 g/mol. The Morgan fingerprint density at radius 1 is 0.971 bits per heavy atom. The molecule has 0 atom stereocenters. The quantitative estimate of drug-likeness (QED) is 0.439. The van der Waals surface area contributed by atoms with Crippen molar-refractivity contribution in [1.29, 1.82) is 0 Å². The third kappa shape index (κ3) is 6.78. The lowest BCUT2D eigenvalue weighted by molar-refractivity contribution is 0.132. The molecule has 2 N–H and O–H groups in total. The van der Waals surface area contributed by atoms with Gasteiger partial charge < -0.3 is 30.2 Å². The minimum absolute atomic E-state index is 0.687. The number of nitrogens with one attached hydrogen (secondary N) is 2. The molecule has 2 aromatic rings. The molecule has 186 valence electrons. The molecule has 7 nitrogen and oxygen atoms in total. The average Bonchev–Trinajstić information content (AvgIpc) is 2.84. The van der Waals surface area contributed by atoms with Crippen LogP contribution in [0.15, 0.2) is 24.3 Å². The first-order valence-electron chi connectivity index (χ1n) is 12.9. The maximum absolute atomic E-state index is 5.55. The summed E-state index contributed by atoms with van der Waals surface area (Å²) < 4.78 is 0. The summed E-state index contributed by atoms with van der Waals surface area (Å²) in [5, 5.41) is 8.59. The number of hydrogen-bond acceptors (Lipinski definition) is 6. The number of piperazine rings is 2. The maximum atomic E-state index is 5.55. The van der Waals surface area contributed by atoms with Gasteiger partial charge in [0.25, 0.3) is 0 Å². The molecule has 0 aliphatic carbocycles. The number of aryl methyl sites for hydroxylation is 1. The molecule has 0 amide bonds. The highest BCUT2D eigenvalue weighted by molar-refractivity contribution is 7.80. The van der Waals surface area contributed by atoms with Gasteiger partial charge in [-0.15, -0.1) is 0 Å². The molecular weight excluding hydrogens is 442 g/mol. The Labute approximate surface area is 210 Å². The van der Waals surface area contributed by atoms with Crippen LogP contribution in [-0.4, -0.2) is 104 Å². The van der Waals surface area contributed by atoms with Gasteiger partial charge in [0, 0.05) is 70.0 Å². The van der Waals surface area contributed by atoms with E-state index >= 15 is 0 Å². The molecule has 2 saturated heterocycles. The topological polar surface area (TPSA) is 49.9 Å². The van der Waals surface area contributed by atoms with Crippen LogP contribution in [0.5, 0.6) is 0 Å². The summed E-state index contributed by atoms with van der Waals surface area (Å²) in [5.74, 6) is 1.09. The van der Waals surface area contributed by atoms with Gasteiger partial charge in [-0.05, 0) is 81.9 Å². The van der Waals surface area contributed by atoms with Gasteiger partial charge in [0.15, 0.2) is 5.11 Å². The van der Waals surface area contributed by atoms with Gasteiger partial charge in [0.1, 0.15) is 5.82 Å². The normalized spacial score (nSPS) is 18.4. The smallest absolute Gasteiger partial charge is 0.170 e. The molecule has 0 bridgehead atoms. The molecule has 34 heavy (non-hydrogen) atoms. The third-order valence-corrected chi connectivity index (χ3v) is 7.27. The number of hydrogen-bond donors (Lipinski definition) is 2. The van der Waals surface area contributed by atoms with E-state index in [0.29, 0.717) is 5.11 Å². The Kier molecular flexibility index (Phi) is 8.94. The van der Waals surface area contributed by atoms with Gasteiger partial charge in [0.05, 0.1) is 5.52 Å². The van der Waals surface area contributed by atoms with E-state index in [0.717, 1.165) is 62.7 Å². The first-order valence-corrected chi connectivity index (χ1v) is 13.3. The second-order valence-electron chi connectivity index (χ2n) is 9.74. The van der Waals surface area contributed by atoms with E-state index in [1.165, 1.54) is 50.1 Å². The highest BCUT2D eigenvalue weighted by Gasteiger charge is 2.17. The maximum Gasteiger partial charge on any atom is 0.170 e. The van der Waals surface area contributed by atoms with Crippen LogP contribution in [0.25, 0.3) is 10.9 Å². The molecular formula is C26H41N7S. The Balaban J connectivity index is 1.24. The summed E-state index contributed by atoms with van der Waals surface area (Å²) in [4.78, 5) is 14.8. The SMILES string of the molecule is CCCN1CCN(CCCNC(=S)Nc2ccc3nc(N4CCN(C)CC4)cc(C)c3c2)CC1. The van der Waals surface area contributed by atoms with Crippen LogP contribution >= 0.6 is 12.2 Å². The molecule has 0 spiro atoms. The second kappa shape index (κ2) is 12.1. The van der Waals surface area contributed by atoms with E-state index < -0.39 is 0 Å². The van der Waals surface area contributed by atoms with Crippen molar-refractivity contribution in [3.8, 4) is 0 Å². The summed E-state index contributed by atoms with van der Waals surface area (Å²) in [7, 11) is 2.18. The van der Waals surface area contributed by atoms with E-state index in [2.05, 4.69) is 75.4 Å². The van der Waals surface area contributed by atoms with Crippen molar-refractivity contribution >= 4 is 39.7 Å². The van der Waals surface area contributed by atoms with Crippen molar-refractivity contribution in [3.63, 3.8) is 0 Å². The van der Waals surface area contributed by atoms with Crippen LogP contribution < -0.4 is 15.5 Å². The molecule has 0 saturated carbocycles. The second-order valence-corrected chi connectivity index (χ2v) is 10.1. The Bertz CT molecular complexity index is 950.